The minimum Gasteiger partial charge on any atom is -0.456 e. The van der Waals surface area contributed by atoms with Crippen molar-refractivity contribution in [2.45, 2.75) is 19.3 Å². The maximum absolute atomic E-state index is 6.29. The SMILES string of the molecule is CC1(C)c2ccccc2-c2c1cc1c3cc4cc(N(c5ccccc5)c5ccc6oc7ccccc7c6c5)ccc4cc3n3c4cc5ccc(N(c6ccccc6)c6ccc7oc8ccccc8c7c6)cc5cc4c2c13. The second kappa shape index (κ2) is 15.1. The summed E-state index contributed by atoms with van der Waals surface area (Å²) >= 11 is 0. The number of furan rings is 2. The Morgan fingerprint density at radius 2 is 0.803 bits per heavy atom. The zero-order valence-corrected chi connectivity index (χ0v) is 41.7. The van der Waals surface area contributed by atoms with E-state index in [9.17, 15) is 0 Å². The summed E-state index contributed by atoms with van der Waals surface area (Å²) in [5, 5.41) is 14.4. The Morgan fingerprint density at radius 1 is 0.329 bits per heavy atom. The minimum absolute atomic E-state index is 0.197. The molecular weight excluding hydrogens is 927 g/mol. The molecule has 0 amide bonds. The molecule has 1 aliphatic carbocycles. The van der Waals surface area contributed by atoms with Crippen LogP contribution in [0.15, 0.2) is 245 Å². The molecule has 0 saturated carbocycles. The molecular formula is C71H45N3O2. The van der Waals surface area contributed by atoms with Crippen LogP contribution < -0.4 is 9.80 Å². The molecule has 0 bridgehead atoms. The van der Waals surface area contributed by atoms with Crippen LogP contribution in [0.3, 0.4) is 0 Å². The van der Waals surface area contributed by atoms with E-state index in [4.69, 9.17) is 8.83 Å². The Morgan fingerprint density at radius 3 is 1.39 bits per heavy atom. The van der Waals surface area contributed by atoms with Crippen molar-refractivity contribution in [2.75, 3.05) is 9.80 Å². The zero-order valence-electron chi connectivity index (χ0n) is 41.7. The number of fused-ring (bicyclic) bond motifs is 18. The van der Waals surface area contributed by atoms with Crippen molar-refractivity contribution in [3.8, 4) is 11.1 Å². The molecule has 5 nitrogen and oxygen atoms in total. The van der Waals surface area contributed by atoms with Crippen molar-refractivity contribution in [3.05, 3.63) is 248 Å². The van der Waals surface area contributed by atoms with Gasteiger partial charge in [-0.05, 0) is 171 Å². The molecule has 12 aromatic carbocycles. The first kappa shape index (κ1) is 41.6. The number of aromatic nitrogens is 1. The molecule has 4 heterocycles. The van der Waals surface area contributed by atoms with Gasteiger partial charge in [0.1, 0.15) is 22.3 Å². The van der Waals surface area contributed by atoms with E-state index < -0.39 is 0 Å². The second-order valence-corrected chi connectivity index (χ2v) is 21.3. The van der Waals surface area contributed by atoms with Crippen LogP contribution in [0.25, 0.3) is 115 Å². The zero-order chi connectivity index (χ0) is 50.0. The van der Waals surface area contributed by atoms with Crippen LogP contribution in [0, 0.1) is 0 Å². The Balaban J connectivity index is 0.888. The quantitative estimate of drug-likeness (QED) is 0.166. The first-order chi connectivity index (χ1) is 37.4. The van der Waals surface area contributed by atoms with Crippen LogP contribution in [0.2, 0.25) is 0 Å². The summed E-state index contributed by atoms with van der Waals surface area (Å²) in [7, 11) is 0. The van der Waals surface area contributed by atoms with E-state index in [0.717, 1.165) is 78.0 Å². The number of rotatable bonds is 6. The summed E-state index contributed by atoms with van der Waals surface area (Å²) in [5.74, 6) is 0. The molecule has 0 aliphatic heterocycles. The fourth-order valence-electron chi connectivity index (χ4n) is 13.3. The van der Waals surface area contributed by atoms with Crippen molar-refractivity contribution in [2.24, 2.45) is 0 Å². The second-order valence-electron chi connectivity index (χ2n) is 21.3. The highest BCUT2D eigenvalue weighted by Crippen LogP contribution is 2.56. The molecule has 1 aliphatic rings. The highest BCUT2D eigenvalue weighted by molar-refractivity contribution is 6.30. The Hall–Kier alpha value is -9.84. The Kier molecular flexibility index (Phi) is 8.28. The van der Waals surface area contributed by atoms with Crippen LogP contribution >= 0.6 is 0 Å². The highest BCUT2D eigenvalue weighted by atomic mass is 16.3. The van der Waals surface area contributed by atoms with Crippen molar-refractivity contribution >= 4 is 138 Å². The van der Waals surface area contributed by atoms with E-state index in [0.29, 0.717) is 0 Å². The fourth-order valence-corrected chi connectivity index (χ4v) is 13.3. The van der Waals surface area contributed by atoms with Gasteiger partial charge in [-0.1, -0.05) is 123 Å². The Bertz CT molecular complexity index is 5100. The van der Waals surface area contributed by atoms with Crippen LogP contribution in [-0.4, -0.2) is 4.40 Å². The smallest absolute Gasteiger partial charge is 0.135 e. The highest BCUT2D eigenvalue weighted by Gasteiger charge is 2.38. The van der Waals surface area contributed by atoms with Crippen molar-refractivity contribution < 1.29 is 8.83 Å². The van der Waals surface area contributed by atoms with E-state index in [1.54, 1.807) is 0 Å². The minimum atomic E-state index is -0.197. The lowest BCUT2D eigenvalue weighted by atomic mass is 9.81. The van der Waals surface area contributed by atoms with Gasteiger partial charge < -0.3 is 23.0 Å². The molecule has 0 radical (unpaired) electrons. The van der Waals surface area contributed by atoms with Gasteiger partial charge in [0.05, 0.1) is 16.6 Å². The summed E-state index contributed by atoms with van der Waals surface area (Å²) in [5.41, 5.74) is 19.0. The molecule has 4 aromatic heterocycles. The molecule has 0 unspecified atom stereocenters. The molecule has 0 N–H and O–H groups in total. The number of benzene rings is 12. The third-order valence-corrected chi connectivity index (χ3v) is 16.8. The third-order valence-electron chi connectivity index (χ3n) is 16.8. The number of hydrogen-bond acceptors (Lipinski definition) is 4. The largest absolute Gasteiger partial charge is 0.456 e. The lowest BCUT2D eigenvalue weighted by molar-refractivity contribution is 0.661. The topological polar surface area (TPSA) is 37.2 Å². The van der Waals surface area contributed by atoms with Gasteiger partial charge in [-0.25, -0.2) is 0 Å². The van der Waals surface area contributed by atoms with E-state index >= 15 is 0 Å². The van der Waals surface area contributed by atoms with Gasteiger partial charge in [-0.3, -0.25) is 0 Å². The Labute approximate surface area is 436 Å². The van der Waals surface area contributed by atoms with Crippen molar-refractivity contribution in [1.82, 2.24) is 4.40 Å². The number of anilines is 6. The molecule has 17 rings (SSSR count). The lowest BCUT2D eigenvalue weighted by Crippen LogP contribution is -2.14. The van der Waals surface area contributed by atoms with Gasteiger partial charge in [0, 0.05) is 82.6 Å². The fraction of sp³-hybridized carbons (Fsp3) is 0.0423. The van der Waals surface area contributed by atoms with Gasteiger partial charge in [0.25, 0.3) is 0 Å². The van der Waals surface area contributed by atoms with Crippen LogP contribution in [0.1, 0.15) is 25.0 Å². The summed E-state index contributed by atoms with van der Waals surface area (Å²) in [6.45, 7) is 4.81. The number of hydrogen-bond donors (Lipinski definition) is 0. The first-order valence-corrected chi connectivity index (χ1v) is 26.2. The predicted molar refractivity (Wildman–Crippen MR) is 318 cm³/mol. The van der Waals surface area contributed by atoms with E-state index in [-0.39, 0.29) is 5.41 Å². The molecule has 16 aromatic rings. The van der Waals surface area contributed by atoms with Gasteiger partial charge in [0.2, 0.25) is 0 Å². The molecule has 5 heteroatoms. The molecule has 356 valence electrons. The maximum atomic E-state index is 6.29. The van der Waals surface area contributed by atoms with Crippen LogP contribution in [0.4, 0.5) is 34.1 Å². The van der Waals surface area contributed by atoms with Gasteiger partial charge in [0.15, 0.2) is 0 Å². The van der Waals surface area contributed by atoms with Gasteiger partial charge >= 0.3 is 0 Å². The summed E-state index contributed by atoms with van der Waals surface area (Å²) in [4.78, 5) is 4.74. The normalized spacial score (nSPS) is 13.2. The average molecular weight is 972 g/mol. The maximum Gasteiger partial charge on any atom is 0.135 e. The summed E-state index contributed by atoms with van der Waals surface area (Å²) < 4.78 is 15.2. The van der Waals surface area contributed by atoms with Gasteiger partial charge in [-0.2, -0.15) is 0 Å². The van der Waals surface area contributed by atoms with Crippen molar-refractivity contribution in [1.29, 1.82) is 0 Å². The monoisotopic (exact) mass is 971 g/mol. The average Bonchev–Trinajstić information content (AvgIpc) is 4.43. The van der Waals surface area contributed by atoms with Crippen LogP contribution in [0.5, 0.6) is 0 Å². The van der Waals surface area contributed by atoms with E-state index in [1.807, 2.05) is 24.3 Å². The summed E-state index contributed by atoms with van der Waals surface area (Å²) in [6, 6.07) is 86.5. The molecule has 0 spiro atoms. The standard InChI is InChI=1S/C71H45N3O2/c1-71(2)60-22-12-9-21-54(60)68-61(71)41-58-55-35-44-33-48(72(46-15-5-3-6-16-46)50-29-31-66-56(39-50)52-19-10-13-23-64(52)75-66)27-25-42(44)37-62(55)74-63-38-43-26-28-49(34-45(43)36-59(63)69(68)70(58)74)73(47-17-7-4-8-18-47)51-30-32-67-57(40-51)53-20-11-14-24-65(53)76-67/h3-41H,1-2H3. The van der Waals surface area contributed by atoms with Crippen LogP contribution in [-0.2, 0) is 5.41 Å². The van der Waals surface area contributed by atoms with Crippen molar-refractivity contribution in [3.63, 3.8) is 0 Å². The third kappa shape index (κ3) is 5.74. The molecule has 0 fully saturated rings. The number of nitrogens with zero attached hydrogens (tertiary/aromatic N) is 3. The summed E-state index contributed by atoms with van der Waals surface area (Å²) in [6.07, 6.45) is 0. The predicted octanol–water partition coefficient (Wildman–Crippen LogP) is 20.2. The van der Waals surface area contributed by atoms with E-state index in [2.05, 4.69) is 240 Å². The molecule has 0 saturated heterocycles. The number of para-hydroxylation sites is 4. The van der Waals surface area contributed by atoms with Gasteiger partial charge in [-0.15, -0.1) is 0 Å². The first-order valence-electron chi connectivity index (χ1n) is 26.2. The lowest BCUT2D eigenvalue weighted by Gasteiger charge is -2.26. The molecule has 76 heavy (non-hydrogen) atoms. The van der Waals surface area contributed by atoms with E-state index in [1.165, 1.54) is 81.9 Å². The molecule has 0 atom stereocenters.